The fourth-order valence-electron chi connectivity index (χ4n) is 1.84. The van der Waals surface area contributed by atoms with Gasteiger partial charge in [-0.25, -0.2) is 4.79 Å². The zero-order valence-electron chi connectivity index (χ0n) is 12.1. The number of carbonyl (C=O) groups excluding carboxylic acids is 1. The highest BCUT2D eigenvalue weighted by Crippen LogP contribution is 2.19. The molecule has 1 unspecified atom stereocenters. The summed E-state index contributed by atoms with van der Waals surface area (Å²) in [6, 6.07) is 15.1. The van der Waals surface area contributed by atoms with Crippen LogP contribution in [0.5, 0.6) is 0 Å². The van der Waals surface area contributed by atoms with Crippen molar-refractivity contribution < 1.29 is 14.3 Å². The molecule has 0 bridgehead atoms. The Morgan fingerprint density at radius 3 is 2.57 bits per heavy atom. The third kappa shape index (κ3) is 4.68. The minimum Gasteiger partial charge on any atom is -0.463 e. The van der Waals surface area contributed by atoms with Gasteiger partial charge in [-0.3, -0.25) is 4.98 Å². The Bertz CT molecular complexity index is 542. The van der Waals surface area contributed by atoms with Gasteiger partial charge in [-0.15, -0.1) is 0 Å². The first-order chi connectivity index (χ1) is 10.3. The minimum absolute atomic E-state index is 0.337. The number of aromatic nitrogens is 1. The van der Waals surface area contributed by atoms with Crippen molar-refractivity contribution in [2.75, 3.05) is 6.61 Å². The molecule has 4 heteroatoms. The van der Waals surface area contributed by atoms with Crippen molar-refractivity contribution in [2.45, 2.75) is 26.1 Å². The van der Waals surface area contributed by atoms with Gasteiger partial charge in [-0.05, 0) is 24.1 Å². The number of pyridine rings is 1. The minimum atomic E-state index is -0.794. The molecule has 0 saturated heterocycles. The molecule has 1 atom stereocenters. The summed E-state index contributed by atoms with van der Waals surface area (Å²) >= 11 is 0. The predicted octanol–water partition coefficient (Wildman–Crippen LogP) is 3.29. The molecule has 0 amide bonds. The first-order valence-electron chi connectivity index (χ1n) is 7.04. The summed E-state index contributed by atoms with van der Waals surface area (Å²) in [5, 5.41) is 0. The fraction of sp³-hybridized carbons (Fsp3) is 0.294. The molecule has 1 aromatic carbocycles. The monoisotopic (exact) mass is 285 g/mol. The van der Waals surface area contributed by atoms with E-state index in [1.807, 2.05) is 43.3 Å². The second kappa shape index (κ2) is 8.17. The molecule has 1 heterocycles. The van der Waals surface area contributed by atoms with Crippen molar-refractivity contribution in [3.05, 3.63) is 66.0 Å². The number of rotatable bonds is 7. The quantitative estimate of drug-likeness (QED) is 0.732. The molecule has 110 valence electrons. The normalized spacial score (nSPS) is 11.9. The predicted molar refractivity (Wildman–Crippen MR) is 79.5 cm³/mol. The van der Waals surface area contributed by atoms with Crippen LogP contribution in [0.15, 0.2) is 54.7 Å². The van der Waals surface area contributed by atoms with Gasteiger partial charge in [0, 0.05) is 6.20 Å². The maximum Gasteiger partial charge on any atom is 0.341 e. The lowest BCUT2D eigenvalue weighted by Crippen LogP contribution is -2.20. The van der Waals surface area contributed by atoms with Gasteiger partial charge in [-0.2, -0.15) is 0 Å². The van der Waals surface area contributed by atoms with E-state index in [-0.39, 0.29) is 0 Å². The summed E-state index contributed by atoms with van der Waals surface area (Å²) in [4.78, 5) is 16.3. The number of benzene rings is 1. The molecular formula is C17H19NO3. The lowest BCUT2D eigenvalue weighted by Gasteiger charge is -2.16. The third-order valence-corrected chi connectivity index (χ3v) is 2.88. The van der Waals surface area contributed by atoms with E-state index in [9.17, 15) is 4.79 Å². The Morgan fingerprint density at radius 2 is 1.90 bits per heavy atom. The van der Waals surface area contributed by atoms with Gasteiger partial charge in [0.05, 0.1) is 18.9 Å². The second-order valence-corrected chi connectivity index (χ2v) is 4.60. The smallest absolute Gasteiger partial charge is 0.341 e. The summed E-state index contributed by atoms with van der Waals surface area (Å²) in [6.07, 6.45) is 1.62. The Morgan fingerprint density at radius 1 is 1.14 bits per heavy atom. The van der Waals surface area contributed by atoms with Crippen LogP contribution in [0.3, 0.4) is 0 Å². The third-order valence-electron chi connectivity index (χ3n) is 2.88. The summed E-state index contributed by atoms with van der Waals surface area (Å²) in [6.45, 7) is 2.67. The lowest BCUT2D eigenvalue weighted by molar-refractivity contribution is -0.159. The van der Waals surface area contributed by atoms with Crippen LogP contribution in [0.25, 0.3) is 0 Å². The Labute approximate surface area is 124 Å². The Kier molecular flexibility index (Phi) is 5.91. The van der Waals surface area contributed by atoms with E-state index in [2.05, 4.69) is 4.98 Å². The summed E-state index contributed by atoms with van der Waals surface area (Å²) in [5.41, 5.74) is 1.57. The molecule has 0 aliphatic carbocycles. The van der Waals surface area contributed by atoms with Gasteiger partial charge in [0.25, 0.3) is 0 Å². The standard InChI is InChI=1S/C17H19NO3/c1-2-12-20-17(19)16(15-10-6-7-11-18-15)21-13-14-8-4-3-5-9-14/h3-11,16H,2,12-13H2,1H3. The maximum absolute atomic E-state index is 12.1. The average Bonchev–Trinajstić information content (AvgIpc) is 2.55. The van der Waals surface area contributed by atoms with Crippen molar-refractivity contribution in [1.82, 2.24) is 4.98 Å². The molecular weight excluding hydrogens is 266 g/mol. The van der Waals surface area contributed by atoms with Crippen LogP contribution in [0, 0.1) is 0 Å². The highest BCUT2D eigenvalue weighted by molar-refractivity contribution is 5.75. The Hall–Kier alpha value is -2.20. The molecule has 0 N–H and O–H groups in total. The largest absolute Gasteiger partial charge is 0.463 e. The molecule has 0 aliphatic rings. The molecule has 0 fully saturated rings. The number of carbonyl (C=O) groups is 1. The highest BCUT2D eigenvalue weighted by Gasteiger charge is 2.24. The number of hydrogen-bond donors (Lipinski definition) is 0. The van der Waals surface area contributed by atoms with Crippen molar-refractivity contribution in [1.29, 1.82) is 0 Å². The van der Waals surface area contributed by atoms with E-state index < -0.39 is 12.1 Å². The van der Waals surface area contributed by atoms with Crippen LogP contribution in [0.4, 0.5) is 0 Å². The van der Waals surface area contributed by atoms with E-state index in [0.29, 0.717) is 18.9 Å². The van der Waals surface area contributed by atoms with Crippen LogP contribution in [-0.4, -0.2) is 17.6 Å². The van der Waals surface area contributed by atoms with Gasteiger partial charge >= 0.3 is 5.97 Å². The molecule has 1 aromatic heterocycles. The van der Waals surface area contributed by atoms with E-state index >= 15 is 0 Å². The highest BCUT2D eigenvalue weighted by atomic mass is 16.6. The molecule has 0 spiro atoms. The lowest BCUT2D eigenvalue weighted by atomic mass is 10.2. The molecule has 0 aliphatic heterocycles. The Balaban J connectivity index is 2.07. The summed E-state index contributed by atoms with van der Waals surface area (Å²) in [7, 11) is 0. The van der Waals surface area contributed by atoms with Crippen LogP contribution >= 0.6 is 0 Å². The number of hydrogen-bond acceptors (Lipinski definition) is 4. The first-order valence-corrected chi connectivity index (χ1v) is 7.04. The SMILES string of the molecule is CCCOC(=O)C(OCc1ccccc1)c1ccccn1. The molecule has 21 heavy (non-hydrogen) atoms. The van der Waals surface area contributed by atoms with Gasteiger partial charge < -0.3 is 9.47 Å². The summed E-state index contributed by atoms with van der Waals surface area (Å²) in [5.74, 6) is -0.397. The van der Waals surface area contributed by atoms with E-state index in [1.165, 1.54) is 0 Å². The number of ether oxygens (including phenoxy) is 2. The molecule has 2 aromatic rings. The molecule has 0 saturated carbocycles. The van der Waals surface area contributed by atoms with Gasteiger partial charge in [0.15, 0.2) is 6.10 Å². The van der Waals surface area contributed by atoms with E-state index in [4.69, 9.17) is 9.47 Å². The number of nitrogens with zero attached hydrogens (tertiary/aromatic N) is 1. The topological polar surface area (TPSA) is 48.4 Å². The first kappa shape index (κ1) is 15.2. The van der Waals surface area contributed by atoms with Gasteiger partial charge in [0.2, 0.25) is 0 Å². The van der Waals surface area contributed by atoms with Crippen molar-refractivity contribution >= 4 is 5.97 Å². The molecule has 2 rings (SSSR count). The van der Waals surface area contributed by atoms with Crippen LogP contribution in [0.2, 0.25) is 0 Å². The van der Waals surface area contributed by atoms with Crippen LogP contribution < -0.4 is 0 Å². The second-order valence-electron chi connectivity index (χ2n) is 4.60. The van der Waals surface area contributed by atoms with Crippen molar-refractivity contribution in [2.24, 2.45) is 0 Å². The van der Waals surface area contributed by atoms with Crippen molar-refractivity contribution in [3.8, 4) is 0 Å². The van der Waals surface area contributed by atoms with Crippen molar-refractivity contribution in [3.63, 3.8) is 0 Å². The maximum atomic E-state index is 12.1. The average molecular weight is 285 g/mol. The summed E-state index contributed by atoms with van der Waals surface area (Å²) < 4.78 is 10.9. The zero-order valence-corrected chi connectivity index (χ0v) is 12.1. The molecule has 4 nitrogen and oxygen atoms in total. The van der Waals surface area contributed by atoms with E-state index in [0.717, 1.165) is 12.0 Å². The van der Waals surface area contributed by atoms with Gasteiger partial charge in [0.1, 0.15) is 0 Å². The fourth-order valence-corrected chi connectivity index (χ4v) is 1.84. The van der Waals surface area contributed by atoms with Crippen LogP contribution in [0.1, 0.15) is 30.7 Å². The number of esters is 1. The van der Waals surface area contributed by atoms with E-state index in [1.54, 1.807) is 18.3 Å². The van der Waals surface area contributed by atoms with Gasteiger partial charge in [-0.1, -0.05) is 43.3 Å². The zero-order chi connectivity index (χ0) is 14.9. The molecule has 0 radical (unpaired) electrons. The van der Waals surface area contributed by atoms with Crippen LogP contribution in [-0.2, 0) is 20.9 Å².